The number of hydrogen-bond acceptors (Lipinski definition) is 4. The minimum atomic E-state index is 0.00217. The van der Waals surface area contributed by atoms with Crippen LogP contribution in [0.1, 0.15) is 40.8 Å². The van der Waals surface area contributed by atoms with Gasteiger partial charge >= 0.3 is 0 Å². The summed E-state index contributed by atoms with van der Waals surface area (Å²) >= 11 is 1.70. The maximum absolute atomic E-state index is 11.4. The molecule has 2 heterocycles. The Balaban J connectivity index is 1.63. The molecule has 0 bridgehead atoms. The van der Waals surface area contributed by atoms with Crippen LogP contribution in [0.3, 0.4) is 0 Å². The first-order chi connectivity index (χ1) is 9.72. The van der Waals surface area contributed by atoms with Gasteiger partial charge in [0.05, 0.1) is 10.7 Å². The number of rotatable bonds is 4. The first-order valence-corrected chi connectivity index (χ1v) is 7.97. The van der Waals surface area contributed by atoms with Crippen LogP contribution in [0, 0.1) is 6.92 Å². The zero-order valence-corrected chi connectivity index (χ0v) is 12.4. The lowest BCUT2D eigenvalue weighted by Gasteiger charge is -2.25. The maximum Gasteiger partial charge on any atom is 0.248 e. The zero-order valence-electron chi connectivity index (χ0n) is 11.6. The molecule has 5 heteroatoms. The van der Waals surface area contributed by atoms with Crippen molar-refractivity contribution in [2.45, 2.75) is 38.6 Å². The van der Waals surface area contributed by atoms with Crippen molar-refractivity contribution in [1.29, 1.82) is 0 Å². The summed E-state index contributed by atoms with van der Waals surface area (Å²) in [7, 11) is 0. The molecule has 4 nitrogen and oxygen atoms in total. The van der Waals surface area contributed by atoms with Crippen molar-refractivity contribution in [1.82, 2.24) is 15.3 Å². The van der Waals surface area contributed by atoms with E-state index in [4.69, 9.17) is 0 Å². The van der Waals surface area contributed by atoms with Gasteiger partial charge in [0, 0.05) is 36.1 Å². The second-order valence-corrected chi connectivity index (χ2v) is 6.33. The number of thiazole rings is 1. The fourth-order valence-corrected chi connectivity index (χ4v) is 3.46. The van der Waals surface area contributed by atoms with Gasteiger partial charge in [-0.2, -0.15) is 0 Å². The molecule has 0 spiro atoms. The van der Waals surface area contributed by atoms with Gasteiger partial charge in [0.25, 0.3) is 0 Å². The van der Waals surface area contributed by atoms with Gasteiger partial charge in [0.2, 0.25) is 5.56 Å². The molecule has 2 aromatic rings. The number of pyridine rings is 1. The van der Waals surface area contributed by atoms with Gasteiger partial charge in [-0.15, -0.1) is 11.3 Å². The van der Waals surface area contributed by atoms with Crippen molar-refractivity contribution in [2.24, 2.45) is 0 Å². The lowest BCUT2D eigenvalue weighted by Crippen LogP contribution is -2.28. The average Bonchev–Trinajstić information content (AvgIpc) is 2.84. The molecular weight excluding hydrogens is 270 g/mol. The van der Waals surface area contributed by atoms with Crippen LogP contribution in [0.2, 0.25) is 0 Å². The summed E-state index contributed by atoms with van der Waals surface area (Å²) in [5.74, 6) is 0. The van der Waals surface area contributed by atoms with E-state index >= 15 is 0 Å². The van der Waals surface area contributed by atoms with E-state index in [1.807, 2.05) is 13.0 Å². The number of aryl methyl sites for hydroxylation is 2. The Morgan fingerprint density at radius 2 is 2.40 bits per heavy atom. The lowest BCUT2D eigenvalue weighted by atomic mass is 9.91. The summed E-state index contributed by atoms with van der Waals surface area (Å²) in [6.07, 6.45) is 4.20. The second-order valence-electron chi connectivity index (χ2n) is 5.26. The Kier molecular flexibility index (Phi) is 3.98. The summed E-state index contributed by atoms with van der Waals surface area (Å²) in [6.45, 7) is 2.96. The predicted octanol–water partition coefficient (Wildman–Crippen LogP) is 2.35. The maximum atomic E-state index is 11.4. The number of aromatic amines is 1. The Morgan fingerprint density at radius 1 is 1.50 bits per heavy atom. The highest BCUT2D eigenvalue weighted by atomic mass is 32.1. The Bertz CT molecular complexity index is 647. The summed E-state index contributed by atoms with van der Waals surface area (Å²) < 4.78 is 0. The fourth-order valence-electron chi connectivity index (χ4n) is 2.81. The number of H-pyrrole nitrogens is 1. The molecule has 106 valence electrons. The van der Waals surface area contributed by atoms with E-state index in [9.17, 15) is 4.79 Å². The fraction of sp³-hybridized carbons (Fsp3) is 0.467. The summed E-state index contributed by atoms with van der Waals surface area (Å²) in [6, 6.07) is 3.95. The molecule has 2 N–H and O–H groups in total. The minimum Gasteiger partial charge on any atom is -0.326 e. The highest BCUT2D eigenvalue weighted by Gasteiger charge is 2.20. The van der Waals surface area contributed by atoms with Gasteiger partial charge in [0.1, 0.15) is 0 Å². The Labute approximate surface area is 122 Å². The van der Waals surface area contributed by atoms with Gasteiger partial charge < -0.3 is 10.3 Å². The third-order valence-electron chi connectivity index (χ3n) is 3.77. The van der Waals surface area contributed by atoms with Crippen LogP contribution in [0.25, 0.3) is 0 Å². The summed E-state index contributed by atoms with van der Waals surface area (Å²) in [4.78, 5) is 18.8. The topological polar surface area (TPSA) is 57.8 Å². The van der Waals surface area contributed by atoms with Crippen molar-refractivity contribution in [3.05, 3.63) is 49.8 Å². The molecule has 0 aromatic carbocycles. The van der Waals surface area contributed by atoms with E-state index in [0.717, 1.165) is 48.6 Å². The van der Waals surface area contributed by atoms with Gasteiger partial charge in [-0.25, -0.2) is 4.98 Å². The minimum absolute atomic E-state index is 0.00217. The van der Waals surface area contributed by atoms with Crippen molar-refractivity contribution in [3.63, 3.8) is 0 Å². The van der Waals surface area contributed by atoms with Crippen LogP contribution in [-0.2, 0) is 12.8 Å². The second kappa shape index (κ2) is 5.89. The van der Waals surface area contributed by atoms with Crippen LogP contribution in [-0.4, -0.2) is 16.5 Å². The van der Waals surface area contributed by atoms with Crippen molar-refractivity contribution < 1.29 is 0 Å². The van der Waals surface area contributed by atoms with Gasteiger partial charge in [-0.1, -0.05) is 6.07 Å². The molecule has 3 rings (SSSR count). The first kappa shape index (κ1) is 13.5. The predicted molar refractivity (Wildman–Crippen MR) is 81.3 cm³/mol. The van der Waals surface area contributed by atoms with Crippen molar-refractivity contribution >= 4 is 11.3 Å². The number of nitrogens with zero attached hydrogens (tertiary/aromatic N) is 1. The molecule has 0 fully saturated rings. The molecule has 1 unspecified atom stereocenters. The highest BCUT2D eigenvalue weighted by Crippen LogP contribution is 2.27. The third kappa shape index (κ3) is 2.99. The van der Waals surface area contributed by atoms with Gasteiger partial charge in [-0.05, 0) is 31.7 Å². The zero-order chi connectivity index (χ0) is 13.9. The number of fused-ring (bicyclic) bond motifs is 1. The summed E-state index contributed by atoms with van der Waals surface area (Å²) in [5, 5.41) is 6.85. The van der Waals surface area contributed by atoms with Gasteiger partial charge in [0.15, 0.2) is 0 Å². The van der Waals surface area contributed by atoms with Crippen molar-refractivity contribution in [2.75, 3.05) is 6.54 Å². The normalized spacial score (nSPS) is 17.9. The van der Waals surface area contributed by atoms with E-state index in [0.29, 0.717) is 6.04 Å². The summed E-state index contributed by atoms with van der Waals surface area (Å²) in [5.41, 5.74) is 3.52. The van der Waals surface area contributed by atoms with Crippen LogP contribution in [0.5, 0.6) is 0 Å². The lowest BCUT2D eigenvalue weighted by molar-refractivity contribution is 0.456. The number of aromatic nitrogens is 2. The van der Waals surface area contributed by atoms with Crippen molar-refractivity contribution in [3.8, 4) is 0 Å². The quantitative estimate of drug-likeness (QED) is 0.908. The molecule has 2 aromatic heterocycles. The largest absolute Gasteiger partial charge is 0.326 e. The van der Waals surface area contributed by atoms with E-state index in [1.165, 1.54) is 5.56 Å². The van der Waals surface area contributed by atoms with E-state index in [2.05, 4.69) is 20.7 Å². The molecule has 0 saturated heterocycles. The van der Waals surface area contributed by atoms with Crippen LogP contribution >= 0.6 is 11.3 Å². The highest BCUT2D eigenvalue weighted by molar-refractivity contribution is 7.09. The van der Waals surface area contributed by atoms with Crippen LogP contribution < -0.4 is 10.9 Å². The Morgan fingerprint density at radius 3 is 3.20 bits per heavy atom. The standard InChI is InChI=1S/C15H19N3OS/c1-10-17-11(9-20-10)7-8-16-13-3-2-4-14-12(13)5-6-15(19)18-14/h5-6,9,13,16H,2-4,7-8H2,1H3,(H,18,19). The van der Waals surface area contributed by atoms with E-state index in [1.54, 1.807) is 17.4 Å². The van der Waals surface area contributed by atoms with Crippen LogP contribution in [0.4, 0.5) is 0 Å². The molecule has 0 amide bonds. The molecule has 0 saturated carbocycles. The molecular formula is C15H19N3OS. The molecule has 1 atom stereocenters. The average molecular weight is 289 g/mol. The number of nitrogens with one attached hydrogen (secondary N) is 2. The molecule has 0 aliphatic heterocycles. The SMILES string of the molecule is Cc1nc(CCNC2CCCc3[nH]c(=O)ccc32)cs1. The van der Waals surface area contributed by atoms with Crippen LogP contribution in [0.15, 0.2) is 22.3 Å². The molecule has 1 aliphatic rings. The molecule has 1 aliphatic carbocycles. The number of hydrogen-bond donors (Lipinski definition) is 2. The monoisotopic (exact) mass is 289 g/mol. The third-order valence-corrected chi connectivity index (χ3v) is 4.59. The first-order valence-electron chi connectivity index (χ1n) is 7.09. The molecule has 20 heavy (non-hydrogen) atoms. The smallest absolute Gasteiger partial charge is 0.248 e. The van der Waals surface area contributed by atoms with Gasteiger partial charge in [-0.3, -0.25) is 4.79 Å². The molecule has 0 radical (unpaired) electrons. The van der Waals surface area contributed by atoms with E-state index in [-0.39, 0.29) is 5.56 Å². The van der Waals surface area contributed by atoms with E-state index < -0.39 is 0 Å². The Hall–Kier alpha value is -1.46.